The first kappa shape index (κ1) is 15.1. The Morgan fingerprint density at radius 1 is 1.39 bits per heavy atom. The molecule has 102 valence electrons. The Morgan fingerprint density at radius 3 is 2.56 bits per heavy atom. The van der Waals surface area contributed by atoms with E-state index in [1.54, 1.807) is 26.0 Å². The van der Waals surface area contributed by atoms with Crippen LogP contribution in [0.4, 0.5) is 4.39 Å². The maximum atomic E-state index is 13.3. The van der Waals surface area contributed by atoms with Crippen LogP contribution in [-0.4, -0.2) is 28.7 Å². The molecule has 0 aromatic heterocycles. The van der Waals surface area contributed by atoms with Crippen molar-refractivity contribution < 1.29 is 9.50 Å². The lowest BCUT2D eigenvalue weighted by Gasteiger charge is -2.28. The molecule has 0 heterocycles. The summed E-state index contributed by atoms with van der Waals surface area (Å²) in [5, 5.41) is 9.82. The summed E-state index contributed by atoms with van der Waals surface area (Å²) in [6, 6.07) is 5.01. The Labute approximate surface area is 108 Å². The third kappa shape index (κ3) is 4.72. The summed E-state index contributed by atoms with van der Waals surface area (Å²) in [5.74, 6) is -0.258. The predicted molar refractivity (Wildman–Crippen MR) is 71.5 cm³/mol. The third-order valence-electron chi connectivity index (χ3n) is 2.79. The van der Waals surface area contributed by atoms with Crippen molar-refractivity contribution >= 4 is 0 Å². The zero-order chi connectivity index (χ0) is 13.8. The van der Waals surface area contributed by atoms with Crippen LogP contribution in [0.3, 0.4) is 0 Å². The van der Waals surface area contributed by atoms with Gasteiger partial charge in [0.15, 0.2) is 0 Å². The lowest BCUT2D eigenvalue weighted by Crippen LogP contribution is -2.38. The SMILES string of the molecule is CCN(Cc1ccc(F)c(CN)c1)CC(C)(C)O. The van der Waals surface area contributed by atoms with Crippen LogP contribution in [0.25, 0.3) is 0 Å². The topological polar surface area (TPSA) is 49.5 Å². The molecule has 0 aliphatic heterocycles. The highest BCUT2D eigenvalue weighted by Crippen LogP contribution is 2.14. The third-order valence-corrected chi connectivity index (χ3v) is 2.79. The van der Waals surface area contributed by atoms with E-state index in [1.165, 1.54) is 6.07 Å². The van der Waals surface area contributed by atoms with Gasteiger partial charge in [0.05, 0.1) is 5.60 Å². The van der Waals surface area contributed by atoms with Crippen LogP contribution < -0.4 is 5.73 Å². The van der Waals surface area contributed by atoms with E-state index in [1.807, 2.05) is 6.92 Å². The molecule has 0 saturated carbocycles. The van der Waals surface area contributed by atoms with Gasteiger partial charge in [-0.3, -0.25) is 4.90 Å². The first-order valence-corrected chi connectivity index (χ1v) is 6.28. The van der Waals surface area contributed by atoms with Crippen molar-refractivity contribution in [3.63, 3.8) is 0 Å². The second kappa shape index (κ2) is 6.27. The second-order valence-corrected chi connectivity index (χ2v) is 5.25. The normalized spacial score (nSPS) is 12.2. The summed E-state index contributed by atoms with van der Waals surface area (Å²) in [7, 11) is 0. The number of rotatable bonds is 6. The summed E-state index contributed by atoms with van der Waals surface area (Å²) in [5.41, 5.74) is 6.31. The number of hydrogen-bond donors (Lipinski definition) is 2. The molecule has 0 fully saturated rings. The number of likely N-dealkylation sites (N-methyl/N-ethyl adjacent to an activating group) is 1. The summed E-state index contributed by atoms with van der Waals surface area (Å²) in [6.07, 6.45) is 0. The molecule has 3 N–H and O–H groups in total. The molecule has 3 nitrogen and oxygen atoms in total. The maximum absolute atomic E-state index is 13.3. The highest BCUT2D eigenvalue weighted by molar-refractivity contribution is 5.25. The van der Waals surface area contributed by atoms with E-state index in [4.69, 9.17) is 5.73 Å². The van der Waals surface area contributed by atoms with Crippen LogP contribution >= 0.6 is 0 Å². The number of aliphatic hydroxyl groups is 1. The molecule has 0 spiro atoms. The van der Waals surface area contributed by atoms with Gasteiger partial charge in [0.25, 0.3) is 0 Å². The van der Waals surface area contributed by atoms with Gasteiger partial charge in [-0.25, -0.2) is 4.39 Å². The molecular formula is C14H23FN2O. The summed E-state index contributed by atoms with van der Waals surface area (Å²) in [4.78, 5) is 2.12. The minimum Gasteiger partial charge on any atom is -0.389 e. The highest BCUT2D eigenvalue weighted by Gasteiger charge is 2.17. The summed E-state index contributed by atoms with van der Waals surface area (Å²) >= 11 is 0. The lowest BCUT2D eigenvalue weighted by atomic mass is 10.1. The molecule has 4 heteroatoms. The first-order valence-electron chi connectivity index (χ1n) is 6.28. The molecule has 0 unspecified atom stereocenters. The van der Waals surface area contributed by atoms with E-state index >= 15 is 0 Å². The van der Waals surface area contributed by atoms with Gasteiger partial charge in [-0.1, -0.05) is 19.1 Å². The smallest absolute Gasteiger partial charge is 0.127 e. The Hall–Kier alpha value is -0.970. The largest absolute Gasteiger partial charge is 0.389 e. The quantitative estimate of drug-likeness (QED) is 0.815. The van der Waals surface area contributed by atoms with Crippen LogP contribution in [-0.2, 0) is 13.1 Å². The van der Waals surface area contributed by atoms with E-state index in [-0.39, 0.29) is 12.4 Å². The van der Waals surface area contributed by atoms with Crippen LogP contribution in [0, 0.1) is 5.82 Å². The molecule has 1 rings (SSSR count). The molecule has 1 aromatic rings. The second-order valence-electron chi connectivity index (χ2n) is 5.25. The van der Waals surface area contributed by atoms with E-state index in [2.05, 4.69) is 4.90 Å². The maximum Gasteiger partial charge on any atom is 0.127 e. The van der Waals surface area contributed by atoms with Crippen LogP contribution in [0.1, 0.15) is 31.9 Å². The number of nitrogens with two attached hydrogens (primary N) is 1. The molecule has 0 aliphatic carbocycles. The van der Waals surface area contributed by atoms with Crippen molar-refractivity contribution in [1.29, 1.82) is 0 Å². The Kier molecular flexibility index (Phi) is 5.26. The van der Waals surface area contributed by atoms with Crippen LogP contribution in [0.5, 0.6) is 0 Å². The molecule has 0 atom stereocenters. The van der Waals surface area contributed by atoms with Crippen molar-refractivity contribution in [3.8, 4) is 0 Å². The number of nitrogens with zero attached hydrogens (tertiary/aromatic N) is 1. The molecule has 1 aromatic carbocycles. The average molecular weight is 254 g/mol. The highest BCUT2D eigenvalue weighted by atomic mass is 19.1. The van der Waals surface area contributed by atoms with Crippen molar-refractivity contribution in [3.05, 3.63) is 35.1 Å². The van der Waals surface area contributed by atoms with E-state index in [0.717, 1.165) is 12.1 Å². The number of halogens is 1. The molecule has 0 aliphatic rings. The first-order chi connectivity index (χ1) is 8.35. The average Bonchev–Trinajstić information content (AvgIpc) is 2.29. The fraction of sp³-hybridized carbons (Fsp3) is 0.571. The van der Waals surface area contributed by atoms with Gasteiger partial charge in [-0.05, 0) is 32.0 Å². The van der Waals surface area contributed by atoms with Crippen molar-refractivity contribution in [2.45, 2.75) is 39.5 Å². The molecule has 0 amide bonds. The molecule has 0 bridgehead atoms. The zero-order valence-electron chi connectivity index (χ0n) is 11.4. The Balaban J connectivity index is 2.76. The van der Waals surface area contributed by atoms with Gasteiger partial charge < -0.3 is 10.8 Å². The van der Waals surface area contributed by atoms with Crippen LogP contribution in [0.15, 0.2) is 18.2 Å². The van der Waals surface area contributed by atoms with Gasteiger partial charge >= 0.3 is 0 Å². The molecule has 0 radical (unpaired) electrons. The molecular weight excluding hydrogens is 231 g/mol. The fourth-order valence-corrected chi connectivity index (χ4v) is 1.97. The van der Waals surface area contributed by atoms with E-state index in [0.29, 0.717) is 18.7 Å². The Bertz CT molecular complexity index is 388. The molecule has 18 heavy (non-hydrogen) atoms. The van der Waals surface area contributed by atoms with Crippen LogP contribution in [0.2, 0.25) is 0 Å². The van der Waals surface area contributed by atoms with Crippen molar-refractivity contribution in [1.82, 2.24) is 4.90 Å². The van der Waals surface area contributed by atoms with Gasteiger partial charge in [0.2, 0.25) is 0 Å². The Morgan fingerprint density at radius 2 is 2.06 bits per heavy atom. The van der Waals surface area contributed by atoms with Gasteiger partial charge in [-0.15, -0.1) is 0 Å². The standard InChI is InChI=1S/C14H23FN2O/c1-4-17(10-14(2,3)18)9-11-5-6-13(15)12(7-11)8-16/h5-7,18H,4,8-10,16H2,1-3H3. The van der Waals surface area contributed by atoms with E-state index < -0.39 is 5.60 Å². The minimum absolute atomic E-state index is 0.206. The predicted octanol–water partition coefficient (Wildman–Crippen LogP) is 1.88. The minimum atomic E-state index is -0.729. The van der Waals surface area contributed by atoms with E-state index in [9.17, 15) is 9.50 Å². The lowest BCUT2D eigenvalue weighted by molar-refractivity contribution is 0.0353. The number of hydrogen-bond acceptors (Lipinski definition) is 3. The van der Waals surface area contributed by atoms with Crippen molar-refractivity contribution in [2.24, 2.45) is 5.73 Å². The monoisotopic (exact) mass is 254 g/mol. The number of benzene rings is 1. The summed E-state index contributed by atoms with van der Waals surface area (Å²) in [6.45, 7) is 7.92. The van der Waals surface area contributed by atoms with Gasteiger partial charge in [0.1, 0.15) is 5.82 Å². The van der Waals surface area contributed by atoms with Gasteiger partial charge in [0, 0.05) is 25.2 Å². The zero-order valence-corrected chi connectivity index (χ0v) is 11.4. The fourth-order valence-electron chi connectivity index (χ4n) is 1.97. The van der Waals surface area contributed by atoms with Gasteiger partial charge in [-0.2, -0.15) is 0 Å². The molecule has 0 saturated heterocycles. The van der Waals surface area contributed by atoms with Crippen molar-refractivity contribution in [2.75, 3.05) is 13.1 Å². The summed E-state index contributed by atoms with van der Waals surface area (Å²) < 4.78 is 13.3.